The maximum Gasteiger partial charge on any atom is 0.353 e. The second-order valence-electron chi connectivity index (χ2n) is 5.17. The molecule has 0 amide bonds. The van der Waals surface area contributed by atoms with Crippen LogP contribution in [0, 0.1) is 10.1 Å². The SMILES string of the molecule is O=C(O)c1ccc(Nc2ncnc(Nc3ccc(Cl)cn3)c2[N+](=O)[O-])cc1. The Morgan fingerprint density at radius 1 is 1.04 bits per heavy atom. The molecule has 2 aromatic heterocycles. The van der Waals surface area contributed by atoms with Crippen LogP contribution in [0.2, 0.25) is 5.02 Å². The molecule has 3 N–H and O–H groups in total. The summed E-state index contributed by atoms with van der Waals surface area (Å²) in [6, 6.07) is 8.81. The molecule has 0 radical (unpaired) electrons. The number of nitrogens with one attached hydrogen (secondary N) is 2. The lowest BCUT2D eigenvalue weighted by molar-refractivity contribution is -0.383. The van der Waals surface area contributed by atoms with E-state index in [9.17, 15) is 14.9 Å². The van der Waals surface area contributed by atoms with Crippen molar-refractivity contribution in [3.63, 3.8) is 0 Å². The molecule has 2 heterocycles. The number of nitrogens with zero attached hydrogens (tertiary/aromatic N) is 4. The summed E-state index contributed by atoms with van der Waals surface area (Å²) >= 11 is 5.77. The van der Waals surface area contributed by atoms with Crippen molar-refractivity contribution >= 4 is 46.4 Å². The number of rotatable bonds is 6. The van der Waals surface area contributed by atoms with Gasteiger partial charge in [0.15, 0.2) is 0 Å². The fourth-order valence-corrected chi connectivity index (χ4v) is 2.25. The zero-order valence-electron chi connectivity index (χ0n) is 13.5. The maximum atomic E-state index is 11.5. The fraction of sp³-hybridized carbons (Fsp3) is 0. The Hall–Kier alpha value is -3.79. The van der Waals surface area contributed by atoms with Crippen LogP contribution in [0.5, 0.6) is 0 Å². The van der Waals surface area contributed by atoms with Gasteiger partial charge in [-0.3, -0.25) is 10.1 Å². The molecule has 0 aliphatic carbocycles. The van der Waals surface area contributed by atoms with Crippen LogP contribution in [-0.4, -0.2) is 31.0 Å². The molecule has 27 heavy (non-hydrogen) atoms. The Kier molecular flexibility index (Phi) is 5.08. The van der Waals surface area contributed by atoms with Crippen LogP contribution in [0.15, 0.2) is 48.9 Å². The summed E-state index contributed by atoms with van der Waals surface area (Å²) < 4.78 is 0. The van der Waals surface area contributed by atoms with Gasteiger partial charge < -0.3 is 15.7 Å². The van der Waals surface area contributed by atoms with Crippen molar-refractivity contribution in [3.05, 3.63) is 69.6 Å². The van der Waals surface area contributed by atoms with E-state index in [4.69, 9.17) is 16.7 Å². The van der Waals surface area contributed by atoms with Crippen molar-refractivity contribution in [2.45, 2.75) is 0 Å². The topological polar surface area (TPSA) is 143 Å². The van der Waals surface area contributed by atoms with Gasteiger partial charge in [-0.15, -0.1) is 0 Å². The van der Waals surface area contributed by atoms with E-state index < -0.39 is 16.6 Å². The van der Waals surface area contributed by atoms with E-state index in [0.717, 1.165) is 6.33 Å². The summed E-state index contributed by atoms with van der Waals surface area (Å²) in [6.07, 6.45) is 2.54. The third-order valence-corrected chi connectivity index (χ3v) is 3.60. The molecule has 11 heteroatoms. The zero-order valence-corrected chi connectivity index (χ0v) is 14.2. The molecule has 0 fully saturated rings. The molecule has 0 unspecified atom stereocenters. The number of pyridine rings is 1. The number of anilines is 4. The minimum Gasteiger partial charge on any atom is -0.478 e. The van der Waals surface area contributed by atoms with Gasteiger partial charge in [0.25, 0.3) is 0 Å². The van der Waals surface area contributed by atoms with Gasteiger partial charge in [-0.1, -0.05) is 11.6 Å². The second kappa shape index (κ2) is 7.62. The summed E-state index contributed by atoms with van der Waals surface area (Å²) in [6.45, 7) is 0. The third-order valence-electron chi connectivity index (χ3n) is 3.37. The van der Waals surface area contributed by atoms with Crippen LogP contribution in [-0.2, 0) is 0 Å². The monoisotopic (exact) mass is 386 g/mol. The molecule has 0 saturated carbocycles. The fourth-order valence-electron chi connectivity index (χ4n) is 2.14. The molecule has 10 nitrogen and oxygen atoms in total. The predicted molar refractivity (Wildman–Crippen MR) is 97.9 cm³/mol. The highest BCUT2D eigenvalue weighted by Gasteiger charge is 2.23. The number of aromatic carboxylic acids is 1. The van der Waals surface area contributed by atoms with Gasteiger partial charge in [0.1, 0.15) is 12.1 Å². The molecule has 0 spiro atoms. The standard InChI is InChI=1S/C16H11ClN6O4/c17-10-3-6-12(18-7-10)22-15-13(23(26)27)14(19-8-20-15)21-11-4-1-9(2-5-11)16(24)25/h1-8H,(H,24,25)(H2,18,19,20,21,22). The molecule has 136 valence electrons. The van der Waals surface area contributed by atoms with Crippen molar-refractivity contribution in [1.82, 2.24) is 15.0 Å². The first-order valence-electron chi connectivity index (χ1n) is 7.42. The highest BCUT2D eigenvalue weighted by Crippen LogP contribution is 2.32. The second-order valence-corrected chi connectivity index (χ2v) is 5.61. The largest absolute Gasteiger partial charge is 0.478 e. The molecule has 0 atom stereocenters. The molecule has 0 aliphatic rings. The van der Waals surface area contributed by atoms with Gasteiger partial charge in [-0.05, 0) is 36.4 Å². The summed E-state index contributed by atoms with van der Waals surface area (Å²) in [5.74, 6) is -0.876. The molecule has 3 aromatic rings. The summed E-state index contributed by atoms with van der Waals surface area (Å²) in [5.41, 5.74) is 0.128. The van der Waals surface area contributed by atoms with Crippen molar-refractivity contribution in [2.75, 3.05) is 10.6 Å². The lowest BCUT2D eigenvalue weighted by Crippen LogP contribution is -2.06. The van der Waals surface area contributed by atoms with E-state index in [2.05, 4.69) is 25.6 Å². The number of nitro groups is 1. The lowest BCUT2D eigenvalue weighted by Gasteiger charge is -2.10. The third kappa shape index (κ3) is 4.25. The summed E-state index contributed by atoms with van der Waals surface area (Å²) in [7, 11) is 0. The first-order chi connectivity index (χ1) is 12.9. The number of hydrogen-bond donors (Lipinski definition) is 3. The van der Waals surface area contributed by atoms with Crippen molar-refractivity contribution in [2.24, 2.45) is 0 Å². The zero-order chi connectivity index (χ0) is 19.4. The summed E-state index contributed by atoms with van der Waals surface area (Å²) in [5, 5.41) is 26.4. The van der Waals surface area contributed by atoms with Gasteiger partial charge >= 0.3 is 11.7 Å². The predicted octanol–water partition coefficient (Wildman–Crippen LogP) is 3.62. The number of carbonyl (C=O) groups is 1. The van der Waals surface area contributed by atoms with Crippen LogP contribution in [0.3, 0.4) is 0 Å². The smallest absolute Gasteiger partial charge is 0.353 e. The number of carboxylic acid groups (broad SMARTS) is 1. The van der Waals surface area contributed by atoms with E-state index in [1.807, 2.05) is 0 Å². The summed E-state index contributed by atoms with van der Waals surface area (Å²) in [4.78, 5) is 33.6. The first kappa shape index (κ1) is 18.0. The molecule has 3 rings (SSSR count). The highest BCUT2D eigenvalue weighted by molar-refractivity contribution is 6.30. The number of hydrogen-bond acceptors (Lipinski definition) is 8. The van der Waals surface area contributed by atoms with Crippen LogP contribution >= 0.6 is 11.6 Å². The Bertz CT molecular complexity index is 995. The highest BCUT2D eigenvalue weighted by atomic mass is 35.5. The molecular formula is C16H11ClN6O4. The van der Waals surface area contributed by atoms with Crippen LogP contribution in [0.4, 0.5) is 28.8 Å². The lowest BCUT2D eigenvalue weighted by atomic mass is 10.2. The van der Waals surface area contributed by atoms with E-state index in [1.54, 1.807) is 12.1 Å². The minimum atomic E-state index is -1.07. The van der Waals surface area contributed by atoms with E-state index in [-0.39, 0.29) is 17.2 Å². The molecule has 0 aliphatic heterocycles. The van der Waals surface area contributed by atoms with Crippen molar-refractivity contribution in [1.29, 1.82) is 0 Å². The van der Waals surface area contributed by atoms with Gasteiger partial charge in [-0.2, -0.15) is 0 Å². The molecule has 0 bridgehead atoms. The van der Waals surface area contributed by atoms with Gasteiger partial charge in [0.2, 0.25) is 11.6 Å². The Labute approximate surface area is 157 Å². The number of aromatic nitrogens is 3. The van der Waals surface area contributed by atoms with Crippen molar-refractivity contribution < 1.29 is 14.8 Å². The molecule has 0 saturated heterocycles. The Balaban J connectivity index is 1.92. The van der Waals surface area contributed by atoms with E-state index in [0.29, 0.717) is 16.5 Å². The van der Waals surface area contributed by atoms with Gasteiger partial charge in [0, 0.05) is 11.9 Å². The quantitative estimate of drug-likeness (QED) is 0.427. The van der Waals surface area contributed by atoms with E-state index >= 15 is 0 Å². The Morgan fingerprint density at radius 2 is 1.70 bits per heavy atom. The molecular weight excluding hydrogens is 376 g/mol. The average Bonchev–Trinajstić information content (AvgIpc) is 2.64. The normalized spacial score (nSPS) is 10.3. The van der Waals surface area contributed by atoms with Crippen LogP contribution in [0.1, 0.15) is 10.4 Å². The first-order valence-corrected chi connectivity index (χ1v) is 7.80. The number of benzene rings is 1. The Morgan fingerprint density at radius 3 is 2.26 bits per heavy atom. The number of halogens is 1. The maximum absolute atomic E-state index is 11.5. The van der Waals surface area contributed by atoms with Crippen molar-refractivity contribution in [3.8, 4) is 0 Å². The van der Waals surface area contributed by atoms with Gasteiger partial charge in [-0.25, -0.2) is 19.7 Å². The molecule has 1 aromatic carbocycles. The van der Waals surface area contributed by atoms with E-state index in [1.165, 1.54) is 30.5 Å². The van der Waals surface area contributed by atoms with Crippen LogP contribution in [0.25, 0.3) is 0 Å². The number of carboxylic acids is 1. The average molecular weight is 387 g/mol. The van der Waals surface area contributed by atoms with Crippen LogP contribution < -0.4 is 10.6 Å². The minimum absolute atomic E-state index is 0.0606. The van der Waals surface area contributed by atoms with Gasteiger partial charge in [0.05, 0.1) is 15.5 Å².